The molecular formula is C10H17N5O17P4. The molecule has 0 amide bonds. The van der Waals surface area contributed by atoms with Crippen LogP contribution in [-0.2, 0) is 40.7 Å². The lowest BCUT2D eigenvalue weighted by molar-refractivity contribution is -0.0501. The summed E-state index contributed by atoms with van der Waals surface area (Å²) < 4.78 is 68.0. The molecule has 0 unspecified atom stereocenters. The monoisotopic (exact) mass is 603 g/mol. The second kappa shape index (κ2) is 10.0. The average molecular weight is 603 g/mol. The van der Waals surface area contributed by atoms with Crippen molar-refractivity contribution in [2.45, 2.75) is 24.5 Å². The Morgan fingerprint density at radius 1 is 1.06 bits per heavy atom. The second-order valence-corrected chi connectivity index (χ2v) is 12.4. The molecule has 2 aromatic rings. The number of phosphoric acid groups is 4. The Balaban J connectivity index is 1.95. The molecule has 3 heterocycles. The summed E-state index contributed by atoms with van der Waals surface area (Å²) in [5.74, 6) is -0.389. The van der Waals surface area contributed by atoms with Crippen LogP contribution in [0.2, 0.25) is 0 Å². The van der Waals surface area contributed by atoms with Gasteiger partial charge in [-0.15, -0.1) is 0 Å². The van der Waals surface area contributed by atoms with E-state index in [2.05, 4.69) is 32.6 Å². The van der Waals surface area contributed by atoms with E-state index in [4.69, 9.17) is 30.0 Å². The maximum absolute atomic E-state index is 12.0. The molecular weight excluding hydrogens is 586 g/mol. The lowest BCUT2D eigenvalue weighted by Crippen LogP contribution is -2.36. The van der Waals surface area contributed by atoms with Crippen LogP contribution in [0.15, 0.2) is 11.1 Å². The topological polar surface area (TPSA) is 346 Å². The zero-order valence-corrected chi connectivity index (χ0v) is 20.6. The summed E-state index contributed by atoms with van der Waals surface area (Å²) in [7, 11) is -22.3. The molecule has 0 bridgehead atoms. The van der Waals surface area contributed by atoms with Crippen molar-refractivity contribution < 1.29 is 75.1 Å². The fourth-order valence-corrected chi connectivity index (χ4v) is 6.37. The molecule has 3 rings (SSSR count). The number of fused-ring (bicyclic) bond motifs is 1. The number of nitrogens with one attached hydrogen (secondary N) is 1. The van der Waals surface area contributed by atoms with E-state index in [1.807, 2.05) is 0 Å². The summed E-state index contributed by atoms with van der Waals surface area (Å²) in [6.07, 6.45) is -6.91. The molecule has 0 radical (unpaired) electrons. The molecule has 6 atom stereocenters. The van der Waals surface area contributed by atoms with Gasteiger partial charge in [-0.3, -0.25) is 23.4 Å². The van der Waals surface area contributed by atoms with Crippen LogP contribution < -0.4 is 11.3 Å². The fraction of sp³-hybridized carbons (Fsp3) is 0.500. The smallest absolute Gasteiger partial charge is 0.386 e. The predicted molar refractivity (Wildman–Crippen MR) is 109 cm³/mol. The number of nitrogens with two attached hydrogens (primary N) is 1. The zero-order valence-electron chi connectivity index (χ0n) is 17.0. The second-order valence-electron chi connectivity index (χ2n) is 6.78. The summed E-state index contributed by atoms with van der Waals surface area (Å²) in [5.41, 5.74) is 4.09. The van der Waals surface area contributed by atoms with E-state index in [0.29, 0.717) is 0 Å². The largest absolute Gasteiger partial charge is 0.481 e. The van der Waals surface area contributed by atoms with Gasteiger partial charge < -0.3 is 44.9 Å². The first kappa shape index (κ1) is 29.2. The van der Waals surface area contributed by atoms with Gasteiger partial charge in [0, 0.05) is 0 Å². The Morgan fingerprint density at radius 2 is 1.64 bits per heavy atom. The summed E-state index contributed by atoms with van der Waals surface area (Å²) in [6, 6.07) is 0. The van der Waals surface area contributed by atoms with Crippen molar-refractivity contribution >= 4 is 48.4 Å². The molecule has 1 fully saturated rings. The number of phosphoric ester groups is 2. The van der Waals surface area contributed by atoms with Crippen molar-refractivity contribution in [3.05, 3.63) is 16.7 Å². The number of rotatable bonds is 10. The number of nitrogen functional groups attached to an aromatic ring is 1. The van der Waals surface area contributed by atoms with Gasteiger partial charge in [-0.1, -0.05) is 0 Å². The normalized spacial score (nSPS) is 26.6. The van der Waals surface area contributed by atoms with Crippen molar-refractivity contribution in [3.63, 3.8) is 0 Å². The third-order valence-electron chi connectivity index (χ3n) is 4.11. The predicted octanol–water partition coefficient (Wildman–Crippen LogP) is -2.22. The number of nitrogens with zero attached hydrogens (tertiary/aromatic N) is 3. The van der Waals surface area contributed by atoms with E-state index in [0.717, 1.165) is 10.9 Å². The van der Waals surface area contributed by atoms with Crippen molar-refractivity contribution in [2.75, 3.05) is 12.3 Å². The standard InChI is InChI=1S/C10H17N5O17P4/c11-10-13-7-4(8(17)14-10)12-2-15(7)9-5(16)6(30-36(26,27)32-34(21,22)23)3(29-9)1-28-35(24,25)31-33(18,19)20/h2-3,5-6,9,16H,1H2,(H,24,25)(H,26,27)(H2,18,19,20)(H2,21,22,23)(H3,11,13,14,17)/t3-,5+,6-,9+/m0/s1. The number of ether oxygens (including phenoxy) is 1. The third kappa shape index (κ3) is 7.33. The quantitative estimate of drug-likeness (QED) is 0.130. The highest BCUT2D eigenvalue weighted by Crippen LogP contribution is 2.60. The van der Waals surface area contributed by atoms with Crippen LogP contribution in [0.1, 0.15) is 6.23 Å². The molecule has 1 aliphatic heterocycles. The third-order valence-corrected chi connectivity index (χ3v) is 8.45. The Bertz CT molecular complexity index is 1380. The first-order valence-corrected chi connectivity index (χ1v) is 14.9. The van der Waals surface area contributed by atoms with Gasteiger partial charge in [-0.05, 0) is 0 Å². The highest BCUT2D eigenvalue weighted by Gasteiger charge is 2.51. The number of H-pyrrole nitrogens is 1. The number of aliphatic hydroxyl groups is 1. The number of aromatic nitrogens is 4. The number of hydrogen-bond acceptors (Lipinski definition) is 14. The Hall–Kier alpha value is -1.41. The molecule has 10 N–H and O–H groups in total. The van der Waals surface area contributed by atoms with Crippen molar-refractivity contribution in [3.8, 4) is 0 Å². The highest BCUT2D eigenvalue weighted by atomic mass is 31.3. The first-order chi connectivity index (χ1) is 16.3. The van der Waals surface area contributed by atoms with Gasteiger partial charge >= 0.3 is 31.3 Å². The lowest BCUT2D eigenvalue weighted by atomic mass is 10.1. The van der Waals surface area contributed by atoms with Crippen LogP contribution in [0.4, 0.5) is 5.95 Å². The van der Waals surface area contributed by atoms with Crippen LogP contribution in [0.25, 0.3) is 11.2 Å². The van der Waals surface area contributed by atoms with E-state index in [-0.39, 0.29) is 17.1 Å². The maximum atomic E-state index is 12.0. The van der Waals surface area contributed by atoms with Crippen LogP contribution in [-0.4, -0.2) is 78.9 Å². The minimum absolute atomic E-state index is 0.281. The van der Waals surface area contributed by atoms with E-state index >= 15 is 0 Å². The molecule has 36 heavy (non-hydrogen) atoms. The molecule has 0 aromatic carbocycles. The Labute approximate surface area is 197 Å². The summed E-state index contributed by atoms with van der Waals surface area (Å²) in [6.45, 7) is -1.23. The molecule has 0 saturated carbocycles. The summed E-state index contributed by atoms with van der Waals surface area (Å²) in [5, 5.41) is 10.7. The molecule has 1 saturated heterocycles. The van der Waals surface area contributed by atoms with Gasteiger partial charge in [0.2, 0.25) is 5.95 Å². The molecule has 22 nitrogen and oxygen atoms in total. The summed E-state index contributed by atoms with van der Waals surface area (Å²) >= 11 is 0. The van der Waals surface area contributed by atoms with Crippen molar-refractivity contribution in [1.29, 1.82) is 0 Å². The molecule has 1 aliphatic rings. The van der Waals surface area contributed by atoms with Gasteiger partial charge in [0.15, 0.2) is 17.4 Å². The maximum Gasteiger partial charge on any atom is 0.481 e. The minimum atomic E-state index is -5.66. The molecule has 0 aliphatic carbocycles. The average Bonchev–Trinajstić information content (AvgIpc) is 3.18. The van der Waals surface area contributed by atoms with Gasteiger partial charge in [0.1, 0.15) is 18.3 Å². The number of anilines is 1. The van der Waals surface area contributed by atoms with Crippen molar-refractivity contribution in [1.82, 2.24) is 19.5 Å². The Kier molecular flexibility index (Phi) is 8.14. The van der Waals surface area contributed by atoms with E-state index in [9.17, 15) is 37.9 Å². The summed E-state index contributed by atoms with van der Waals surface area (Å²) in [4.78, 5) is 75.7. The van der Waals surface area contributed by atoms with Crippen LogP contribution >= 0.6 is 31.3 Å². The zero-order chi connectivity index (χ0) is 27.3. The van der Waals surface area contributed by atoms with Crippen LogP contribution in [0.3, 0.4) is 0 Å². The van der Waals surface area contributed by atoms with E-state index < -0.39 is 68.0 Å². The minimum Gasteiger partial charge on any atom is -0.386 e. The van der Waals surface area contributed by atoms with Gasteiger partial charge in [-0.2, -0.15) is 13.6 Å². The van der Waals surface area contributed by atoms with E-state index in [1.165, 1.54) is 0 Å². The number of aromatic amines is 1. The van der Waals surface area contributed by atoms with Gasteiger partial charge in [0.25, 0.3) is 5.56 Å². The van der Waals surface area contributed by atoms with Gasteiger partial charge in [-0.25, -0.2) is 23.2 Å². The SMILES string of the molecule is Nc1nc2c(ncn2[C@@H]2O[C@@H](CO[P@@](=O)(O)OP(=O)(O)O)[C@H](O[P@@](=O)(O)OP(=O)(O)O)[C@H]2O)c(=O)[nH]1. The number of hydrogen-bond donors (Lipinski definition) is 9. The first-order valence-electron chi connectivity index (χ1n) is 8.85. The van der Waals surface area contributed by atoms with Gasteiger partial charge in [0.05, 0.1) is 12.9 Å². The number of imidazole rings is 1. The molecule has 2 aromatic heterocycles. The lowest BCUT2D eigenvalue weighted by Gasteiger charge is -2.23. The van der Waals surface area contributed by atoms with E-state index in [1.54, 1.807) is 0 Å². The van der Waals surface area contributed by atoms with Crippen molar-refractivity contribution in [2.24, 2.45) is 0 Å². The van der Waals surface area contributed by atoms with Crippen LogP contribution in [0.5, 0.6) is 0 Å². The fourth-order valence-electron chi connectivity index (χ4n) is 2.98. The molecule has 204 valence electrons. The highest BCUT2D eigenvalue weighted by molar-refractivity contribution is 7.61. The van der Waals surface area contributed by atoms with Crippen LogP contribution in [0, 0.1) is 0 Å². The Morgan fingerprint density at radius 3 is 2.22 bits per heavy atom. The molecule has 26 heteroatoms. The number of aliphatic hydroxyl groups excluding tert-OH is 1. The molecule has 0 spiro atoms.